The summed E-state index contributed by atoms with van der Waals surface area (Å²) in [6.07, 6.45) is 0. The van der Waals surface area contributed by atoms with Crippen molar-refractivity contribution in [3.05, 3.63) is 88.6 Å². The van der Waals surface area contributed by atoms with Crippen LogP contribution in [0.4, 0.5) is 11.4 Å². The van der Waals surface area contributed by atoms with Crippen LogP contribution in [0.3, 0.4) is 0 Å². The van der Waals surface area contributed by atoms with Crippen molar-refractivity contribution in [2.45, 2.75) is 6.92 Å². The van der Waals surface area contributed by atoms with Crippen molar-refractivity contribution in [1.29, 1.82) is 0 Å². The predicted molar refractivity (Wildman–Crippen MR) is 118 cm³/mol. The Bertz CT molecular complexity index is 1250. The summed E-state index contributed by atoms with van der Waals surface area (Å²) < 4.78 is 10.8. The average Bonchev–Trinajstić information content (AvgIpc) is 3.32. The second-order valence-corrected chi connectivity index (χ2v) is 7.62. The molecular formula is C24H17ClN2O4. The number of aryl methyl sites for hydroxylation is 1. The van der Waals surface area contributed by atoms with Gasteiger partial charge in [0.05, 0.1) is 11.3 Å². The molecule has 31 heavy (non-hydrogen) atoms. The van der Waals surface area contributed by atoms with Crippen LogP contribution in [0.1, 0.15) is 11.1 Å². The van der Waals surface area contributed by atoms with Crippen LogP contribution in [-0.4, -0.2) is 18.6 Å². The monoisotopic (exact) mass is 432 g/mol. The third-order valence-corrected chi connectivity index (χ3v) is 5.47. The van der Waals surface area contributed by atoms with Gasteiger partial charge in [-0.2, -0.15) is 0 Å². The van der Waals surface area contributed by atoms with Gasteiger partial charge in [-0.1, -0.05) is 41.9 Å². The first kappa shape index (κ1) is 19.2. The fraction of sp³-hybridized carbons (Fsp3) is 0.0833. The lowest BCUT2D eigenvalue weighted by Gasteiger charge is -2.17. The van der Waals surface area contributed by atoms with Crippen molar-refractivity contribution >= 4 is 40.4 Å². The molecule has 2 aliphatic rings. The number of amides is 2. The highest BCUT2D eigenvalue weighted by Gasteiger charge is 2.40. The molecule has 0 atom stereocenters. The Kier molecular flexibility index (Phi) is 4.64. The molecule has 0 aliphatic carbocycles. The molecule has 2 amide bonds. The molecule has 7 heteroatoms. The van der Waals surface area contributed by atoms with Crippen LogP contribution in [0.15, 0.2) is 72.4 Å². The first-order chi connectivity index (χ1) is 15.0. The van der Waals surface area contributed by atoms with E-state index < -0.39 is 11.8 Å². The molecule has 0 saturated heterocycles. The van der Waals surface area contributed by atoms with E-state index in [1.807, 2.05) is 19.1 Å². The number of hydrogen-bond acceptors (Lipinski definition) is 5. The van der Waals surface area contributed by atoms with Crippen molar-refractivity contribution in [2.75, 3.05) is 17.0 Å². The number of ether oxygens (including phenoxy) is 2. The fourth-order valence-corrected chi connectivity index (χ4v) is 3.81. The number of fused-ring (bicyclic) bond motifs is 1. The van der Waals surface area contributed by atoms with Crippen molar-refractivity contribution in [2.24, 2.45) is 0 Å². The minimum atomic E-state index is -0.429. The first-order valence-electron chi connectivity index (χ1n) is 9.64. The highest BCUT2D eigenvalue weighted by molar-refractivity contribution is 6.46. The third-order valence-electron chi connectivity index (χ3n) is 5.22. The van der Waals surface area contributed by atoms with Gasteiger partial charge in [0.2, 0.25) is 6.79 Å². The summed E-state index contributed by atoms with van der Waals surface area (Å²) in [5, 5.41) is 3.68. The molecule has 0 saturated carbocycles. The maximum Gasteiger partial charge on any atom is 0.282 e. The molecule has 3 aromatic rings. The smallest absolute Gasteiger partial charge is 0.282 e. The van der Waals surface area contributed by atoms with E-state index in [1.165, 1.54) is 4.90 Å². The van der Waals surface area contributed by atoms with Gasteiger partial charge < -0.3 is 14.8 Å². The maximum atomic E-state index is 13.5. The summed E-state index contributed by atoms with van der Waals surface area (Å²) in [4.78, 5) is 28.1. The van der Waals surface area contributed by atoms with E-state index in [2.05, 4.69) is 5.32 Å². The number of nitrogens with zero attached hydrogens (tertiary/aromatic N) is 1. The molecule has 0 fully saturated rings. The Hall–Kier alpha value is -3.77. The van der Waals surface area contributed by atoms with Gasteiger partial charge in [0.1, 0.15) is 5.70 Å². The average molecular weight is 433 g/mol. The van der Waals surface area contributed by atoms with Gasteiger partial charge in [-0.25, -0.2) is 4.90 Å². The lowest BCUT2D eigenvalue weighted by Crippen LogP contribution is -2.33. The largest absolute Gasteiger partial charge is 0.454 e. The van der Waals surface area contributed by atoms with Crippen LogP contribution in [-0.2, 0) is 9.59 Å². The van der Waals surface area contributed by atoms with E-state index in [0.29, 0.717) is 33.5 Å². The topological polar surface area (TPSA) is 67.9 Å². The standard InChI is InChI=1S/C24H17ClN2O4/c1-14-4-2-3-5-18(14)27-23(28)21(15-6-8-16(25)9-7-15)22(24(27)29)26-17-10-11-19-20(12-17)31-13-30-19/h2-12,26H,13H2,1H3. The summed E-state index contributed by atoms with van der Waals surface area (Å²) in [5.74, 6) is 0.380. The van der Waals surface area contributed by atoms with Crippen LogP contribution in [0.25, 0.3) is 5.57 Å². The zero-order chi connectivity index (χ0) is 21.5. The van der Waals surface area contributed by atoms with E-state index in [9.17, 15) is 9.59 Å². The normalized spacial score (nSPS) is 15.1. The van der Waals surface area contributed by atoms with Gasteiger partial charge in [0.25, 0.3) is 11.8 Å². The molecule has 6 nitrogen and oxygen atoms in total. The summed E-state index contributed by atoms with van der Waals surface area (Å²) in [6, 6.07) is 19.4. The van der Waals surface area contributed by atoms with Crippen LogP contribution in [0.5, 0.6) is 11.5 Å². The number of imide groups is 1. The molecule has 154 valence electrons. The van der Waals surface area contributed by atoms with Crippen molar-refractivity contribution < 1.29 is 19.1 Å². The summed E-state index contributed by atoms with van der Waals surface area (Å²) in [7, 11) is 0. The number of carbonyl (C=O) groups excluding carboxylic acids is 2. The number of anilines is 2. The van der Waals surface area contributed by atoms with Crippen LogP contribution in [0, 0.1) is 6.92 Å². The van der Waals surface area contributed by atoms with Gasteiger partial charge >= 0.3 is 0 Å². The van der Waals surface area contributed by atoms with Crippen LogP contribution in [0.2, 0.25) is 5.02 Å². The summed E-state index contributed by atoms with van der Waals surface area (Å²) in [5.41, 5.74) is 3.05. The zero-order valence-electron chi connectivity index (χ0n) is 16.5. The molecule has 0 radical (unpaired) electrons. The Morgan fingerprint density at radius 2 is 1.65 bits per heavy atom. The van der Waals surface area contributed by atoms with E-state index in [1.54, 1.807) is 54.6 Å². The van der Waals surface area contributed by atoms with E-state index in [4.69, 9.17) is 21.1 Å². The Balaban J connectivity index is 1.61. The number of para-hydroxylation sites is 1. The Labute approximate surface area is 183 Å². The number of rotatable bonds is 4. The number of carbonyl (C=O) groups is 2. The number of hydrogen-bond donors (Lipinski definition) is 1. The lowest BCUT2D eigenvalue weighted by atomic mass is 10.0. The molecule has 5 rings (SSSR count). The molecule has 0 spiro atoms. The molecule has 2 aliphatic heterocycles. The third kappa shape index (κ3) is 3.31. The number of halogens is 1. The van der Waals surface area contributed by atoms with Gasteiger partial charge in [-0.15, -0.1) is 0 Å². The van der Waals surface area contributed by atoms with Gasteiger partial charge in [-0.05, 0) is 48.4 Å². The van der Waals surface area contributed by atoms with Crippen molar-refractivity contribution in [3.63, 3.8) is 0 Å². The molecule has 2 heterocycles. The predicted octanol–water partition coefficient (Wildman–Crippen LogP) is 4.77. The quantitative estimate of drug-likeness (QED) is 0.601. The number of benzene rings is 3. The highest BCUT2D eigenvalue weighted by Crippen LogP contribution is 2.38. The van der Waals surface area contributed by atoms with Gasteiger partial charge in [-0.3, -0.25) is 9.59 Å². The molecule has 0 bridgehead atoms. The van der Waals surface area contributed by atoms with Crippen LogP contribution >= 0.6 is 11.6 Å². The van der Waals surface area contributed by atoms with Crippen LogP contribution < -0.4 is 19.7 Å². The summed E-state index contributed by atoms with van der Waals surface area (Å²) >= 11 is 6.03. The molecule has 0 aromatic heterocycles. The SMILES string of the molecule is Cc1ccccc1N1C(=O)C(Nc2ccc3c(c2)OCO3)=C(c2ccc(Cl)cc2)C1=O. The Morgan fingerprint density at radius 1 is 0.903 bits per heavy atom. The second-order valence-electron chi connectivity index (χ2n) is 7.18. The first-order valence-corrected chi connectivity index (χ1v) is 10.0. The van der Waals surface area contributed by atoms with E-state index in [0.717, 1.165) is 5.56 Å². The van der Waals surface area contributed by atoms with E-state index >= 15 is 0 Å². The summed E-state index contributed by atoms with van der Waals surface area (Å²) in [6.45, 7) is 2.01. The van der Waals surface area contributed by atoms with Crippen molar-refractivity contribution in [3.8, 4) is 11.5 Å². The lowest BCUT2D eigenvalue weighted by molar-refractivity contribution is -0.120. The molecule has 1 N–H and O–H groups in total. The molecule has 0 unspecified atom stereocenters. The van der Waals surface area contributed by atoms with Gasteiger partial charge in [0.15, 0.2) is 11.5 Å². The maximum absolute atomic E-state index is 13.5. The molecular weight excluding hydrogens is 416 g/mol. The fourth-order valence-electron chi connectivity index (χ4n) is 3.68. The minimum absolute atomic E-state index is 0.149. The van der Waals surface area contributed by atoms with Crippen molar-refractivity contribution in [1.82, 2.24) is 0 Å². The minimum Gasteiger partial charge on any atom is -0.454 e. The van der Waals surface area contributed by atoms with Gasteiger partial charge in [0, 0.05) is 16.8 Å². The van der Waals surface area contributed by atoms with E-state index in [-0.39, 0.29) is 18.1 Å². The number of nitrogens with one attached hydrogen (secondary N) is 1. The highest BCUT2D eigenvalue weighted by atomic mass is 35.5. The zero-order valence-corrected chi connectivity index (χ0v) is 17.3. The Morgan fingerprint density at radius 3 is 2.42 bits per heavy atom. The second kappa shape index (κ2) is 7.49. The molecule has 3 aromatic carbocycles.